The number of nitrogens with zero attached hydrogens (tertiary/aromatic N) is 2. The van der Waals surface area contributed by atoms with Gasteiger partial charge < -0.3 is 19.9 Å². The first kappa shape index (κ1) is 23.4. The second-order valence-electron chi connectivity index (χ2n) is 7.85. The van der Waals surface area contributed by atoms with E-state index in [4.69, 9.17) is 11.6 Å². The van der Waals surface area contributed by atoms with E-state index in [1.54, 1.807) is 12.1 Å². The Morgan fingerprint density at radius 1 is 1.12 bits per heavy atom. The van der Waals surface area contributed by atoms with Gasteiger partial charge in [0.25, 0.3) is 11.8 Å². The summed E-state index contributed by atoms with van der Waals surface area (Å²) in [6.07, 6.45) is 1.75. The van der Waals surface area contributed by atoms with Gasteiger partial charge in [0.05, 0.1) is 0 Å². The van der Waals surface area contributed by atoms with Gasteiger partial charge in [-0.3, -0.25) is 14.4 Å². The molecule has 2 amide bonds. The summed E-state index contributed by atoms with van der Waals surface area (Å²) >= 11 is 5.99. The van der Waals surface area contributed by atoms with Crippen LogP contribution in [0.2, 0.25) is 5.02 Å². The molecule has 0 aliphatic carbocycles. The summed E-state index contributed by atoms with van der Waals surface area (Å²) in [6, 6.07) is 10.2. The van der Waals surface area contributed by atoms with Gasteiger partial charge in [-0.1, -0.05) is 29.8 Å². The molecule has 0 saturated heterocycles. The lowest BCUT2D eigenvalue weighted by Gasteiger charge is -2.30. The molecule has 0 radical (unpaired) electrons. The fourth-order valence-electron chi connectivity index (χ4n) is 3.80. The normalized spacial score (nSPS) is 13.0. The van der Waals surface area contributed by atoms with Crippen LogP contribution in [0.25, 0.3) is 0 Å². The van der Waals surface area contributed by atoms with Crippen LogP contribution < -0.4 is 10.7 Å². The zero-order valence-electron chi connectivity index (χ0n) is 17.9. The Morgan fingerprint density at radius 2 is 1.91 bits per heavy atom. The fourth-order valence-corrected chi connectivity index (χ4v) is 4.01. The van der Waals surface area contributed by atoms with Gasteiger partial charge in [0.15, 0.2) is 11.4 Å². The van der Waals surface area contributed by atoms with Crippen molar-refractivity contribution in [3.05, 3.63) is 97.9 Å². The van der Waals surface area contributed by atoms with Gasteiger partial charge >= 0.3 is 0 Å². The molecule has 3 aromatic rings. The average molecular weight is 488 g/mol. The van der Waals surface area contributed by atoms with Crippen LogP contribution in [0.15, 0.2) is 53.5 Å². The van der Waals surface area contributed by atoms with Crippen LogP contribution in [-0.4, -0.2) is 39.5 Å². The van der Waals surface area contributed by atoms with Crippen LogP contribution >= 0.6 is 11.6 Å². The molecule has 2 aromatic carbocycles. The number of fused-ring (bicyclic) bond motifs is 1. The lowest BCUT2D eigenvalue weighted by molar-refractivity contribution is 0.0697. The van der Waals surface area contributed by atoms with Gasteiger partial charge in [0.2, 0.25) is 5.43 Å². The van der Waals surface area contributed by atoms with E-state index in [0.29, 0.717) is 30.6 Å². The van der Waals surface area contributed by atoms with E-state index in [1.165, 1.54) is 21.7 Å². The first-order valence-corrected chi connectivity index (χ1v) is 10.8. The third-order valence-electron chi connectivity index (χ3n) is 5.62. The number of carbonyl (C=O) groups is 2. The van der Waals surface area contributed by atoms with Crippen molar-refractivity contribution in [2.45, 2.75) is 19.5 Å². The molecule has 0 spiro atoms. The standard InChI is InChI=1S/C24H20ClF2N3O4/c25-16-3-1-2-14(10-16)6-7-29-8-9-30-13-18(21(31)22(32)20(30)24(29)34)23(33)28-12-15-4-5-17(26)11-19(15)27/h1-5,10-11,13,32H,6-9,12H2,(H,28,33). The van der Waals surface area contributed by atoms with Crippen molar-refractivity contribution in [2.75, 3.05) is 13.1 Å². The highest BCUT2D eigenvalue weighted by Gasteiger charge is 2.30. The molecule has 0 unspecified atom stereocenters. The minimum atomic E-state index is -1.01. The second-order valence-corrected chi connectivity index (χ2v) is 8.29. The van der Waals surface area contributed by atoms with Gasteiger partial charge in [-0.25, -0.2) is 8.78 Å². The van der Waals surface area contributed by atoms with Crippen LogP contribution in [0, 0.1) is 11.6 Å². The number of rotatable bonds is 6. The van der Waals surface area contributed by atoms with Crippen molar-refractivity contribution in [2.24, 2.45) is 0 Å². The summed E-state index contributed by atoms with van der Waals surface area (Å²) in [5.41, 5.74) is -0.611. The molecule has 0 bridgehead atoms. The molecule has 1 aliphatic rings. The maximum absolute atomic E-state index is 13.8. The molecular weight excluding hydrogens is 468 g/mol. The van der Waals surface area contributed by atoms with Gasteiger partial charge in [-0.05, 0) is 30.2 Å². The van der Waals surface area contributed by atoms with E-state index in [-0.39, 0.29) is 29.9 Å². The number of pyridine rings is 1. The molecule has 2 N–H and O–H groups in total. The Hall–Kier alpha value is -3.72. The Kier molecular flexibility index (Phi) is 6.65. The molecule has 0 fully saturated rings. The number of hydrogen-bond donors (Lipinski definition) is 2. The number of nitrogens with one attached hydrogen (secondary N) is 1. The molecule has 1 aliphatic heterocycles. The summed E-state index contributed by atoms with van der Waals surface area (Å²) in [5, 5.41) is 13.4. The summed E-state index contributed by atoms with van der Waals surface area (Å²) < 4.78 is 28.2. The summed E-state index contributed by atoms with van der Waals surface area (Å²) in [5.74, 6) is -3.79. The van der Waals surface area contributed by atoms with Crippen molar-refractivity contribution < 1.29 is 23.5 Å². The lowest BCUT2D eigenvalue weighted by atomic mass is 10.1. The van der Waals surface area contributed by atoms with Gasteiger partial charge in [-0.15, -0.1) is 0 Å². The Labute approximate surface area is 198 Å². The van der Waals surface area contributed by atoms with Crippen molar-refractivity contribution in [1.82, 2.24) is 14.8 Å². The summed E-state index contributed by atoms with van der Waals surface area (Å²) in [6.45, 7) is 0.648. The molecule has 7 nitrogen and oxygen atoms in total. The molecule has 0 saturated carbocycles. The maximum atomic E-state index is 13.8. The Bertz CT molecular complexity index is 1340. The van der Waals surface area contributed by atoms with Crippen LogP contribution in [0.3, 0.4) is 0 Å². The first-order valence-electron chi connectivity index (χ1n) is 10.5. The molecule has 34 heavy (non-hydrogen) atoms. The van der Waals surface area contributed by atoms with Gasteiger partial charge in [0, 0.05) is 49.0 Å². The van der Waals surface area contributed by atoms with Crippen molar-refractivity contribution >= 4 is 23.4 Å². The number of carbonyl (C=O) groups excluding carboxylic acids is 2. The molecular formula is C24H20ClF2N3O4. The number of benzene rings is 2. The molecule has 4 rings (SSSR count). The topological polar surface area (TPSA) is 91.6 Å². The Balaban J connectivity index is 1.50. The van der Waals surface area contributed by atoms with Gasteiger partial charge in [-0.2, -0.15) is 0 Å². The highest BCUT2D eigenvalue weighted by atomic mass is 35.5. The minimum Gasteiger partial charge on any atom is -0.503 e. The second kappa shape index (κ2) is 9.64. The molecule has 176 valence electrons. The molecule has 2 heterocycles. The summed E-state index contributed by atoms with van der Waals surface area (Å²) in [7, 11) is 0. The van der Waals surface area contributed by atoms with E-state index in [0.717, 1.165) is 11.6 Å². The minimum absolute atomic E-state index is 0.0301. The molecule has 10 heteroatoms. The van der Waals surface area contributed by atoms with Gasteiger partial charge in [0.1, 0.15) is 17.2 Å². The van der Waals surface area contributed by atoms with E-state index >= 15 is 0 Å². The first-order chi connectivity index (χ1) is 16.2. The molecule has 1 aromatic heterocycles. The zero-order valence-corrected chi connectivity index (χ0v) is 18.6. The fraction of sp³-hybridized carbons (Fsp3) is 0.208. The predicted molar refractivity (Wildman–Crippen MR) is 121 cm³/mol. The van der Waals surface area contributed by atoms with Crippen LogP contribution in [0.1, 0.15) is 32.0 Å². The monoisotopic (exact) mass is 487 g/mol. The quantitative estimate of drug-likeness (QED) is 0.559. The number of aromatic nitrogens is 1. The lowest BCUT2D eigenvalue weighted by Crippen LogP contribution is -2.43. The highest BCUT2D eigenvalue weighted by Crippen LogP contribution is 2.21. The van der Waals surface area contributed by atoms with Crippen molar-refractivity contribution in [3.63, 3.8) is 0 Å². The van der Waals surface area contributed by atoms with Crippen LogP contribution in [-0.2, 0) is 19.5 Å². The smallest absolute Gasteiger partial charge is 0.274 e. The zero-order chi connectivity index (χ0) is 24.4. The van der Waals surface area contributed by atoms with E-state index in [9.17, 15) is 28.3 Å². The highest BCUT2D eigenvalue weighted by molar-refractivity contribution is 6.30. The average Bonchev–Trinajstić information content (AvgIpc) is 2.80. The SMILES string of the molecule is O=C(NCc1ccc(F)cc1F)c1cn2c(c(O)c1=O)C(=O)N(CCc1cccc(Cl)c1)CC2. The predicted octanol–water partition coefficient (Wildman–Crippen LogP) is 3.11. The van der Waals surface area contributed by atoms with E-state index in [1.807, 2.05) is 12.1 Å². The maximum Gasteiger partial charge on any atom is 0.274 e. The van der Waals surface area contributed by atoms with Crippen molar-refractivity contribution in [3.8, 4) is 5.75 Å². The van der Waals surface area contributed by atoms with E-state index in [2.05, 4.69) is 5.32 Å². The third kappa shape index (κ3) is 4.79. The van der Waals surface area contributed by atoms with E-state index < -0.39 is 34.6 Å². The largest absolute Gasteiger partial charge is 0.503 e. The number of aromatic hydroxyl groups is 1. The number of halogens is 3. The van der Waals surface area contributed by atoms with Crippen LogP contribution in [0.5, 0.6) is 5.75 Å². The number of amides is 2. The van der Waals surface area contributed by atoms with Crippen molar-refractivity contribution in [1.29, 1.82) is 0 Å². The Morgan fingerprint density at radius 3 is 2.65 bits per heavy atom. The number of hydrogen-bond acceptors (Lipinski definition) is 4. The van der Waals surface area contributed by atoms with Crippen LogP contribution in [0.4, 0.5) is 8.78 Å². The summed E-state index contributed by atoms with van der Waals surface area (Å²) in [4.78, 5) is 39.7. The molecule has 0 atom stereocenters. The third-order valence-corrected chi connectivity index (χ3v) is 5.85.